The molecule has 2 N–H and O–H groups in total. The highest BCUT2D eigenvalue weighted by Gasteiger charge is 2.26. The number of hydrogen-bond acceptors (Lipinski definition) is 4. The highest BCUT2D eigenvalue weighted by Crippen LogP contribution is 2.33. The van der Waals surface area contributed by atoms with E-state index < -0.39 is 0 Å². The predicted octanol–water partition coefficient (Wildman–Crippen LogP) is 4.27. The largest absolute Gasteiger partial charge is 0.346 e. The van der Waals surface area contributed by atoms with Gasteiger partial charge < -0.3 is 14.6 Å². The molecule has 0 saturated carbocycles. The zero-order valence-corrected chi connectivity index (χ0v) is 15.6. The summed E-state index contributed by atoms with van der Waals surface area (Å²) in [6.45, 7) is 1.59. The van der Waals surface area contributed by atoms with Crippen molar-refractivity contribution in [2.75, 3.05) is 24.1 Å². The molecule has 1 aliphatic rings. The van der Waals surface area contributed by atoms with E-state index in [0.29, 0.717) is 5.92 Å². The number of rotatable bonds is 4. The Balaban J connectivity index is 1.42. The standard InChI is InChI=1S/C20H22N4OS/c1-26-23-16-6-4-15(5-7-16)20(25)24-11-8-14(9-12-24)18-13-22-19-17(18)3-2-10-21-19/h2-7,10,13-14,23H,8-9,11-12H2,1H3,(H,21,22). The van der Waals surface area contributed by atoms with Crippen molar-refractivity contribution in [1.82, 2.24) is 14.9 Å². The zero-order chi connectivity index (χ0) is 17.9. The summed E-state index contributed by atoms with van der Waals surface area (Å²) in [6, 6.07) is 11.8. The van der Waals surface area contributed by atoms with E-state index in [4.69, 9.17) is 0 Å². The van der Waals surface area contributed by atoms with Gasteiger partial charge in [0.25, 0.3) is 5.91 Å². The maximum atomic E-state index is 12.8. The van der Waals surface area contributed by atoms with E-state index in [-0.39, 0.29) is 5.91 Å². The maximum Gasteiger partial charge on any atom is 0.253 e. The molecule has 6 heteroatoms. The number of carbonyl (C=O) groups excluding carboxylic acids is 1. The minimum atomic E-state index is 0.125. The topological polar surface area (TPSA) is 61.0 Å². The van der Waals surface area contributed by atoms with E-state index in [2.05, 4.69) is 27.0 Å². The Hall–Kier alpha value is -2.47. The fraction of sp³-hybridized carbons (Fsp3) is 0.300. The van der Waals surface area contributed by atoms with Crippen molar-refractivity contribution < 1.29 is 4.79 Å². The second kappa shape index (κ2) is 7.41. The molecule has 1 amide bonds. The van der Waals surface area contributed by atoms with Crippen LogP contribution in [0, 0.1) is 0 Å². The van der Waals surface area contributed by atoms with Gasteiger partial charge in [-0.2, -0.15) is 0 Å². The number of H-pyrrole nitrogens is 1. The van der Waals surface area contributed by atoms with Gasteiger partial charge in [0.15, 0.2) is 0 Å². The fourth-order valence-electron chi connectivity index (χ4n) is 3.69. The molecule has 0 unspecified atom stereocenters. The number of amides is 1. The number of aromatic amines is 1. The number of fused-ring (bicyclic) bond motifs is 1. The van der Waals surface area contributed by atoms with Gasteiger partial charge in [0.2, 0.25) is 0 Å². The van der Waals surface area contributed by atoms with Crippen molar-refractivity contribution in [1.29, 1.82) is 0 Å². The van der Waals surface area contributed by atoms with Gasteiger partial charge in [-0.25, -0.2) is 4.98 Å². The van der Waals surface area contributed by atoms with E-state index in [9.17, 15) is 4.79 Å². The highest BCUT2D eigenvalue weighted by molar-refractivity contribution is 7.99. The van der Waals surface area contributed by atoms with Gasteiger partial charge >= 0.3 is 0 Å². The van der Waals surface area contributed by atoms with Gasteiger partial charge in [-0.3, -0.25) is 4.79 Å². The number of aromatic nitrogens is 2. The van der Waals surface area contributed by atoms with Gasteiger partial charge in [-0.15, -0.1) is 0 Å². The molecular formula is C20H22N4OS. The van der Waals surface area contributed by atoms with Gasteiger partial charge in [0.1, 0.15) is 5.65 Å². The molecule has 0 aliphatic carbocycles. The number of anilines is 1. The smallest absolute Gasteiger partial charge is 0.253 e. The summed E-state index contributed by atoms with van der Waals surface area (Å²) >= 11 is 1.54. The highest BCUT2D eigenvalue weighted by atomic mass is 32.2. The maximum absolute atomic E-state index is 12.8. The molecular weight excluding hydrogens is 344 g/mol. The lowest BCUT2D eigenvalue weighted by Crippen LogP contribution is -2.37. The van der Waals surface area contributed by atoms with E-state index in [1.807, 2.05) is 47.7 Å². The minimum Gasteiger partial charge on any atom is -0.346 e. The molecule has 0 radical (unpaired) electrons. The fourth-order valence-corrected chi connectivity index (χ4v) is 4.06. The molecule has 1 fully saturated rings. The van der Waals surface area contributed by atoms with E-state index >= 15 is 0 Å². The van der Waals surface area contributed by atoms with Gasteiger partial charge in [0, 0.05) is 48.4 Å². The Morgan fingerprint density at radius 3 is 2.73 bits per heavy atom. The second-order valence-corrected chi connectivity index (χ2v) is 7.21. The quantitative estimate of drug-likeness (QED) is 0.677. The van der Waals surface area contributed by atoms with Crippen LogP contribution in [-0.4, -0.2) is 40.1 Å². The van der Waals surface area contributed by atoms with Crippen LogP contribution in [0.2, 0.25) is 0 Å². The number of pyridine rings is 1. The Labute approximate surface area is 157 Å². The first-order valence-electron chi connectivity index (χ1n) is 8.86. The second-order valence-electron chi connectivity index (χ2n) is 6.59. The average Bonchev–Trinajstić information content (AvgIpc) is 3.13. The van der Waals surface area contributed by atoms with Crippen LogP contribution in [0.5, 0.6) is 0 Å². The lowest BCUT2D eigenvalue weighted by Gasteiger charge is -2.32. The van der Waals surface area contributed by atoms with Gasteiger partial charge in [0.05, 0.1) is 0 Å². The van der Waals surface area contributed by atoms with Crippen LogP contribution in [0.1, 0.15) is 34.7 Å². The molecule has 4 rings (SSSR count). The van der Waals surface area contributed by atoms with Crippen LogP contribution < -0.4 is 4.72 Å². The van der Waals surface area contributed by atoms with Crippen LogP contribution in [0.3, 0.4) is 0 Å². The molecule has 1 saturated heterocycles. The average molecular weight is 366 g/mol. The Morgan fingerprint density at radius 1 is 1.23 bits per heavy atom. The lowest BCUT2D eigenvalue weighted by atomic mass is 9.89. The number of nitrogens with one attached hydrogen (secondary N) is 2. The number of piperidine rings is 1. The molecule has 1 aromatic carbocycles. The predicted molar refractivity (Wildman–Crippen MR) is 108 cm³/mol. The van der Waals surface area contributed by atoms with Crippen LogP contribution in [0.25, 0.3) is 11.0 Å². The van der Waals surface area contributed by atoms with Crippen molar-refractivity contribution >= 4 is 34.6 Å². The van der Waals surface area contributed by atoms with Gasteiger partial charge in [-0.1, -0.05) is 11.9 Å². The number of hydrogen-bond donors (Lipinski definition) is 2. The summed E-state index contributed by atoms with van der Waals surface area (Å²) in [5.41, 5.74) is 4.04. The molecule has 26 heavy (non-hydrogen) atoms. The Kier molecular flexibility index (Phi) is 4.84. The third kappa shape index (κ3) is 3.29. The van der Waals surface area contributed by atoms with E-state index in [1.54, 1.807) is 11.9 Å². The summed E-state index contributed by atoms with van der Waals surface area (Å²) < 4.78 is 3.17. The van der Waals surface area contributed by atoms with E-state index in [0.717, 1.165) is 42.8 Å². The Morgan fingerprint density at radius 2 is 2.00 bits per heavy atom. The summed E-state index contributed by atoms with van der Waals surface area (Å²) in [5.74, 6) is 0.602. The summed E-state index contributed by atoms with van der Waals surface area (Å²) in [5, 5.41) is 1.20. The molecule has 134 valence electrons. The minimum absolute atomic E-state index is 0.125. The molecule has 0 bridgehead atoms. The number of carbonyl (C=O) groups is 1. The molecule has 2 aromatic heterocycles. The molecule has 3 heterocycles. The van der Waals surface area contributed by atoms with Crippen LogP contribution in [0.15, 0.2) is 48.8 Å². The summed E-state index contributed by atoms with van der Waals surface area (Å²) in [6.07, 6.45) is 7.84. The molecule has 3 aromatic rings. The monoisotopic (exact) mass is 366 g/mol. The van der Waals surface area contributed by atoms with Crippen molar-refractivity contribution in [3.05, 3.63) is 59.9 Å². The van der Waals surface area contributed by atoms with Crippen LogP contribution in [0.4, 0.5) is 5.69 Å². The Bertz CT molecular complexity index is 898. The van der Waals surface area contributed by atoms with Gasteiger partial charge in [-0.05, 0) is 60.7 Å². The third-order valence-electron chi connectivity index (χ3n) is 5.06. The SMILES string of the molecule is CSNc1ccc(C(=O)N2CCC(c3c[nH]c4ncccc34)CC2)cc1. The first-order chi connectivity index (χ1) is 12.8. The summed E-state index contributed by atoms with van der Waals surface area (Å²) in [7, 11) is 0. The number of benzene rings is 1. The first-order valence-corrected chi connectivity index (χ1v) is 10.1. The van der Waals surface area contributed by atoms with Crippen molar-refractivity contribution in [2.24, 2.45) is 0 Å². The molecule has 1 aliphatic heterocycles. The molecule has 0 spiro atoms. The normalized spacial score (nSPS) is 15.3. The zero-order valence-electron chi connectivity index (χ0n) is 14.7. The summed E-state index contributed by atoms with van der Waals surface area (Å²) in [4.78, 5) is 22.4. The van der Waals surface area contributed by atoms with E-state index in [1.165, 1.54) is 10.9 Å². The number of likely N-dealkylation sites (tertiary alicyclic amines) is 1. The van der Waals surface area contributed by atoms with Crippen LogP contribution in [-0.2, 0) is 0 Å². The van der Waals surface area contributed by atoms with Crippen molar-refractivity contribution in [3.63, 3.8) is 0 Å². The lowest BCUT2D eigenvalue weighted by molar-refractivity contribution is 0.0713. The van der Waals surface area contributed by atoms with Crippen LogP contribution >= 0.6 is 11.9 Å². The molecule has 5 nitrogen and oxygen atoms in total. The van der Waals surface area contributed by atoms with Crippen molar-refractivity contribution in [3.8, 4) is 0 Å². The molecule has 0 atom stereocenters. The number of nitrogens with zero attached hydrogens (tertiary/aromatic N) is 2. The first kappa shape index (κ1) is 17.0. The third-order valence-corrected chi connectivity index (χ3v) is 5.50. The van der Waals surface area contributed by atoms with Crippen molar-refractivity contribution in [2.45, 2.75) is 18.8 Å².